The number of nitrogens with zero attached hydrogens (tertiary/aromatic N) is 2. The molecule has 4 rings (SSSR count). The van der Waals surface area contributed by atoms with E-state index < -0.39 is 10.0 Å². The molecular formula is C24H31FN4O3S. The Morgan fingerprint density at radius 3 is 2.52 bits per heavy atom. The molecule has 1 aliphatic carbocycles. The van der Waals surface area contributed by atoms with Crippen molar-refractivity contribution in [3.63, 3.8) is 0 Å². The zero-order chi connectivity index (χ0) is 24.0. The van der Waals surface area contributed by atoms with Crippen molar-refractivity contribution in [2.75, 3.05) is 27.7 Å². The Morgan fingerprint density at radius 2 is 1.94 bits per heavy atom. The lowest BCUT2D eigenvalue weighted by atomic mass is 9.86. The third kappa shape index (κ3) is 5.98. The standard InChI is InChI=1S/C19H22FNO.C5H9N3O2S/c1-21-12-15-9-14-10-18(20)19(22-2)11-17(14)16(15)8-13-6-4-3-5-7-13;1-6-11(9,10)5-3-7-8(2)4-5/h3-7,10-11,15-16,21H,8-9,12H2,1-2H3;3-4,6H,1-2H3. The van der Waals surface area contributed by atoms with Crippen LogP contribution in [-0.2, 0) is 29.9 Å². The highest BCUT2D eigenvalue weighted by molar-refractivity contribution is 7.89. The number of halogens is 1. The molecule has 33 heavy (non-hydrogen) atoms. The van der Waals surface area contributed by atoms with Gasteiger partial charge in [0.25, 0.3) is 0 Å². The van der Waals surface area contributed by atoms with Crippen LogP contribution in [0.5, 0.6) is 5.75 Å². The normalized spacial score (nSPS) is 17.2. The Kier molecular flexibility index (Phi) is 8.23. The number of benzene rings is 2. The number of methoxy groups -OCH3 is 1. The molecule has 0 fully saturated rings. The maximum absolute atomic E-state index is 14.0. The summed E-state index contributed by atoms with van der Waals surface area (Å²) in [6, 6.07) is 14.1. The number of aryl methyl sites for hydroxylation is 1. The van der Waals surface area contributed by atoms with Crippen molar-refractivity contribution in [3.8, 4) is 5.75 Å². The van der Waals surface area contributed by atoms with Crippen molar-refractivity contribution < 1.29 is 17.5 Å². The lowest BCUT2D eigenvalue weighted by Crippen LogP contribution is -2.23. The van der Waals surface area contributed by atoms with Gasteiger partial charge in [-0.1, -0.05) is 30.3 Å². The number of ether oxygens (including phenoxy) is 1. The number of nitrogens with one attached hydrogen (secondary N) is 2. The monoisotopic (exact) mass is 474 g/mol. The molecule has 0 saturated carbocycles. The largest absolute Gasteiger partial charge is 0.494 e. The number of aromatic nitrogens is 2. The van der Waals surface area contributed by atoms with Crippen LogP contribution in [0.2, 0.25) is 0 Å². The third-order valence-corrected chi connectivity index (χ3v) is 7.26. The lowest BCUT2D eigenvalue weighted by Gasteiger charge is -2.20. The van der Waals surface area contributed by atoms with Gasteiger partial charge in [-0.15, -0.1) is 0 Å². The highest BCUT2D eigenvalue weighted by Gasteiger charge is 2.33. The van der Waals surface area contributed by atoms with Crippen LogP contribution in [0, 0.1) is 11.7 Å². The van der Waals surface area contributed by atoms with Crippen LogP contribution >= 0.6 is 0 Å². The molecule has 0 radical (unpaired) electrons. The minimum absolute atomic E-state index is 0.183. The third-order valence-electron chi connectivity index (χ3n) is 5.89. The molecule has 0 spiro atoms. The number of sulfonamides is 1. The van der Waals surface area contributed by atoms with Crippen molar-refractivity contribution in [1.29, 1.82) is 0 Å². The van der Waals surface area contributed by atoms with E-state index in [1.54, 1.807) is 13.1 Å². The second kappa shape index (κ2) is 10.9. The fourth-order valence-electron chi connectivity index (χ4n) is 4.24. The van der Waals surface area contributed by atoms with Gasteiger partial charge in [-0.05, 0) is 74.1 Å². The first-order valence-corrected chi connectivity index (χ1v) is 12.2. The zero-order valence-electron chi connectivity index (χ0n) is 19.4. The smallest absolute Gasteiger partial charge is 0.243 e. The maximum Gasteiger partial charge on any atom is 0.243 e. The van der Waals surface area contributed by atoms with Gasteiger partial charge in [-0.2, -0.15) is 5.10 Å². The molecular weight excluding hydrogens is 443 g/mol. The van der Waals surface area contributed by atoms with Crippen LogP contribution in [0.25, 0.3) is 0 Å². The van der Waals surface area contributed by atoms with Gasteiger partial charge in [0.05, 0.1) is 13.3 Å². The van der Waals surface area contributed by atoms with Gasteiger partial charge in [0, 0.05) is 13.2 Å². The maximum atomic E-state index is 14.0. The van der Waals surface area contributed by atoms with E-state index in [4.69, 9.17) is 4.74 Å². The Hall–Kier alpha value is -2.75. The predicted octanol–water partition coefficient (Wildman–Crippen LogP) is 2.88. The summed E-state index contributed by atoms with van der Waals surface area (Å²) in [5.41, 5.74) is 3.69. The van der Waals surface area contributed by atoms with Gasteiger partial charge in [0.1, 0.15) is 4.90 Å². The number of fused-ring (bicyclic) bond motifs is 1. The molecule has 0 bridgehead atoms. The number of hydrogen-bond acceptors (Lipinski definition) is 5. The highest BCUT2D eigenvalue weighted by Crippen LogP contribution is 2.42. The Morgan fingerprint density at radius 1 is 1.21 bits per heavy atom. The predicted molar refractivity (Wildman–Crippen MR) is 126 cm³/mol. The van der Waals surface area contributed by atoms with Crippen molar-refractivity contribution in [2.45, 2.75) is 23.7 Å². The molecule has 1 aromatic heterocycles. The summed E-state index contributed by atoms with van der Waals surface area (Å²) in [5, 5.41) is 7.01. The van der Waals surface area contributed by atoms with E-state index in [1.807, 2.05) is 19.2 Å². The van der Waals surface area contributed by atoms with Gasteiger partial charge in [0.2, 0.25) is 10.0 Å². The molecule has 0 amide bonds. The van der Waals surface area contributed by atoms with Crippen LogP contribution < -0.4 is 14.8 Å². The highest BCUT2D eigenvalue weighted by atomic mass is 32.2. The van der Waals surface area contributed by atoms with E-state index >= 15 is 0 Å². The van der Waals surface area contributed by atoms with E-state index in [9.17, 15) is 12.8 Å². The molecule has 1 aliphatic rings. The molecule has 2 aromatic carbocycles. The topological polar surface area (TPSA) is 85.2 Å². The molecule has 0 saturated heterocycles. The van der Waals surface area contributed by atoms with Gasteiger partial charge in [0.15, 0.2) is 11.6 Å². The molecule has 7 nitrogen and oxygen atoms in total. The van der Waals surface area contributed by atoms with Crippen molar-refractivity contribution >= 4 is 10.0 Å². The van der Waals surface area contributed by atoms with Gasteiger partial charge in [-0.3, -0.25) is 4.68 Å². The summed E-state index contributed by atoms with van der Waals surface area (Å²) in [5.74, 6) is 0.984. The van der Waals surface area contributed by atoms with Crippen LogP contribution in [-0.4, -0.2) is 45.9 Å². The summed E-state index contributed by atoms with van der Waals surface area (Å²) in [6.07, 6.45) is 4.64. The van der Waals surface area contributed by atoms with E-state index in [1.165, 1.54) is 42.4 Å². The minimum Gasteiger partial charge on any atom is -0.494 e. The molecule has 9 heteroatoms. The van der Waals surface area contributed by atoms with Crippen LogP contribution in [0.1, 0.15) is 22.6 Å². The van der Waals surface area contributed by atoms with Crippen LogP contribution in [0.4, 0.5) is 4.39 Å². The average molecular weight is 475 g/mol. The Bertz CT molecular complexity index is 1170. The Labute approximate surface area is 195 Å². The van der Waals surface area contributed by atoms with Gasteiger partial charge < -0.3 is 10.1 Å². The first kappa shape index (κ1) is 24.9. The fraction of sp³-hybridized carbons (Fsp3) is 0.375. The molecule has 2 unspecified atom stereocenters. The minimum atomic E-state index is -3.31. The van der Waals surface area contributed by atoms with E-state index in [0.717, 1.165) is 24.9 Å². The SMILES string of the molecule is CNCC1Cc2cc(F)c(OC)cc2C1Cc1ccccc1.CNS(=O)(=O)c1cnn(C)c1. The fourth-order valence-corrected chi connectivity index (χ4v) is 4.96. The number of rotatable bonds is 7. The van der Waals surface area contributed by atoms with Gasteiger partial charge in [-0.25, -0.2) is 17.5 Å². The summed E-state index contributed by atoms with van der Waals surface area (Å²) in [7, 11) is 3.21. The summed E-state index contributed by atoms with van der Waals surface area (Å²) < 4.78 is 44.9. The Balaban J connectivity index is 0.000000235. The summed E-state index contributed by atoms with van der Waals surface area (Å²) in [6.45, 7) is 0.941. The lowest BCUT2D eigenvalue weighted by molar-refractivity contribution is 0.385. The second-order valence-electron chi connectivity index (χ2n) is 8.06. The van der Waals surface area contributed by atoms with Crippen LogP contribution in [0.3, 0.4) is 0 Å². The number of hydrogen-bond donors (Lipinski definition) is 2. The van der Waals surface area contributed by atoms with Crippen LogP contribution in [0.15, 0.2) is 59.8 Å². The van der Waals surface area contributed by atoms with Crippen molar-refractivity contribution in [2.24, 2.45) is 13.0 Å². The molecule has 3 aromatic rings. The quantitative estimate of drug-likeness (QED) is 0.550. The average Bonchev–Trinajstić information content (AvgIpc) is 3.39. The van der Waals surface area contributed by atoms with E-state index in [0.29, 0.717) is 17.6 Å². The van der Waals surface area contributed by atoms with Crippen molar-refractivity contribution in [3.05, 3.63) is 77.4 Å². The summed E-state index contributed by atoms with van der Waals surface area (Å²) >= 11 is 0. The van der Waals surface area contributed by atoms with Crippen molar-refractivity contribution in [1.82, 2.24) is 19.8 Å². The van der Waals surface area contributed by atoms with E-state index in [2.05, 4.69) is 39.4 Å². The molecule has 0 aliphatic heterocycles. The zero-order valence-corrected chi connectivity index (χ0v) is 20.2. The molecule has 178 valence electrons. The second-order valence-corrected chi connectivity index (χ2v) is 9.95. The molecule has 2 N–H and O–H groups in total. The van der Waals surface area contributed by atoms with Gasteiger partial charge >= 0.3 is 0 Å². The first-order valence-electron chi connectivity index (χ1n) is 10.8. The summed E-state index contributed by atoms with van der Waals surface area (Å²) in [4.78, 5) is 0.183. The molecule has 2 atom stereocenters. The van der Waals surface area contributed by atoms with E-state index in [-0.39, 0.29) is 10.7 Å². The molecule has 1 heterocycles. The first-order chi connectivity index (χ1) is 15.8.